The molecule has 8 heteroatoms. The molecule has 1 aliphatic rings. The predicted molar refractivity (Wildman–Crippen MR) is 122 cm³/mol. The van der Waals surface area contributed by atoms with Crippen LogP contribution >= 0.6 is 22.9 Å². The highest BCUT2D eigenvalue weighted by Gasteiger charge is 2.33. The molecule has 2 aromatic carbocycles. The molecule has 1 fully saturated rings. The molecule has 5 nitrogen and oxygen atoms in total. The predicted octanol–water partition coefficient (Wildman–Crippen LogP) is 4.84. The van der Waals surface area contributed by atoms with Crippen molar-refractivity contribution in [2.75, 3.05) is 25.1 Å². The molecule has 0 atom stereocenters. The summed E-state index contributed by atoms with van der Waals surface area (Å²) in [4.78, 5) is 7.19. The van der Waals surface area contributed by atoms with Gasteiger partial charge >= 0.3 is 0 Å². The molecule has 1 saturated heterocycles. The number of aromatic nitrogens is 1. The van der Waals surface area contributed by atoms with E-state index in [1.165, 1.54) is 5.56 Å². The number of hydrogen-bond acceptors (Lipinski definition) is 6. The SMILES string of the molecule is COc1ccc(Cc2csc(N3CCC(S(=O)(=O)c4ccccc4Cl)CC3)n2)cc1. The van der Waals surface area contributed by atoms with E-state index in [2.05, 4.69) is 10.3 Å². The summed E-state index contributed by atoms with van der Waals surface area (Å²) in [5.74, 6) is 0.840. The number of nitrogens with zero attached hydrogens (tertiary/aromatic N) is 2. The molecule has 1 aliphatic heterocycles. The van der Waals surface area contributed by atoms with Crippen LogP contribution in [0.4, 0.5) is 5.13 Å². The standard InChI is InChI=1S/C22H23ClN2O3S2/c1-28-18-8-6-16(7-9-18)14-17-15-29-22(24-17)25-12-10-19(11-13-25)30(26,27)21-5-3-2-4-20(21)23/h2-9,15,19H,10-14H2,1H3. The van der Waals surface area contributed by atoms with Gasteiger partial charge in [-0.25, -0.2) is 13.4 Å². The van der Waals surface area contributed by atoms with E-state index in [-0.39, 0.29) is 4.90 Å². The van der Waals surface area contributed by atoms with Gasteiger partial charge in [0, 0.05) is 24.9 Å². The number of thiazole rings is 1. The first-order chi connectivity index (χ1) is 14.5. The summed E-state index contributed by atoms with van der Waals surface area (Å²) in [5, 5.41) is 2.91. The molecule has 0 bridgehead atoms. The summed E-state index contributed by atoms with van der Waals surface area (Å²) in [5.41, 5.74) is 2.20. The lowest BCUT2D eigenvalue weighted by molar-refractivity contribution is 0.414. The van der Waals surface area contributed by atoms with Crippen molar-refractivity contribution < 1.29 is 13.2 Å². The van der Waals surface area contributed by atoms with Crippen molar-refractivity contribution in [1.29, 1.82) is 0 Å². The van der Waals surface area contributed by atoms with Crippen molar-refractivity contribution in [3.8, 4) is 5.75 Å². The molecule has 30 heavy (non-hydrogen) atoms. The second-order valence-corrected chi connectivity index (χ2v) is 10.7. The first-order valence-electron chi connectivity index (χ1n) is 9.78. The Kier molecular flexibility index (Phi) is 6.32. The van der Waals surface area contributed by atoms with Crippen LogP contribution in [-0.2, 0) is 16.3 Å². The van der Waals surface area contributed by atoms with Gasteiger partial charge in [-0.2, -0.15) is 0 Å². The number of rotatable bonds is 6. The maximum absolute atomic E-state index is 13.0. The van der Waals surface area contributed by atoms with Crippen molar-refractivity contribution in [1.82, 2.24) is 4.98 Å². The zero-order valence-electron chi connectivity index (χ0n) is 16.6. The molecular formula is C22H23ClN2O3S2. The largest absolute Gasteiger partial charge is 0.497 e. The molecule has 3 aromatic rings. The highest BCUT2D eigenvalue weighted by molar-refractivity contribution is 7.92. The van der Waals surface area contributed by atoms with E-state index in [9.17, 15) is 8.42 Å². The molecule has 0 aliphatic carbocycles. The number of benzene rings is 2. The van der Waals surface area contributed by atoms with E-state index in [0.717, 1.165) is 23.0 Å². The molecule has 2 heterocycles. The Morgan fingerprint density at radius 3 is 2.50 bits per heavy atom. The Morgan fingerprint density at radius 2 is 1.83 bits per heavy atom. The summed E-state index contributed by atoms with van der Waals surface area (Å²) in [6.07, 6.45) is 1.90. The number of piperidine rings is 1. The summed E-state index contributed by atoms with van der Waals surface area (Å²) >= 11 is 7.74. The third kappa shape index (κ3) is 4.48. The van der Waals surface area contributed by atoms with Gasteiger partial charge in [-0.05, 0) is 42.7 Å². The van der Waals surface area contributed by atoms with Gasteiger partial charge in [-0.15, -0.1) is 11.3 Å². The maximum Gasteiger partial charge on any atom is 0.185 e. The van der Waals surface area contributed by atoms with Gasteiger partial charge in [-0.1, -0.05) is 35.9 Å². The normalized spacial score (nSPS) is 15.3. The number of hydrogen-bond donors (Lipinski definition) is 0. The Morgan fingerprint density at radius 1 is 1.13 bits per heavy atom. The molecule has 4 rings (SSSR count). The quantitative estimate of drug-likeness (QED) is 0.524. The van der Waals surface area contributed by atoms with Gasteiger partial charge in [0.2, 0.25) is 0 Å². The number of ether oxygens (including phenoxy) is 1. The average molecular weight is 463 g/mol. The van der Waals surface area contributed by atoms with Crippen LogP contribution in [0.25, 0.3) is 0 Å². The van der Waals surface area contributed by atoms with Gasteiger partial charge in [0.25, 0.3) is 0 Å². The zero-order valence-corrected chi connectivity index (χ0v) is 19.0. The van der Waals surface area contributed by atoms with Gasteiger partial charge in [-0.3, -0.25) is 0 Å². The Hall–Kier alpha value is -2.09. The van der Waals surface area contributed by atoms with Crippen molar-refractivity contribution in [3.63, 3.8) is 0 Å². The monoisotopic (exact) mass is 462 g/mol. The third-order valence-electron chi connectivity index (χ3n) is 5.38. The van der Waals surface area contributed by atoms with Crippen LogP contribution in [0.1, 0.15) is 24.1 Å². The van der Waals surface area contributed by atoms with Gasteiger partial charge in [0.1, 0.15) is 5.75 Å². The fourth-order valence-corrected chi connectivity index (χ4v) is 6.82. The summed E-state index contributed by atoms with van der Waals surface area (Å²) in [6.45, 7) is 1.34. The first-order valence-corrected chi connectivity index (χ1v) is 12.6. The lowest BCUT2D eigenvalue weighted by Gasteiger charge is -2.31. The fraction of sp³-hybridized carbons (Fsp3) is 0.318. The molecule has 158 valence electrons. The van der Waals surface area contributed by atoms with Crippen LogP contribution in [0.15, 0.2) is 58.8 Å². The first kappa shape index (κ1) is 21.2. The Labute approximate surface area is 186 Å². The fourth-order valence-electron chi connectivity index (χ4n) is 3.69. The van der Waals surface area contributed by atoms with Gasteiger partial charge in [0.05, 0.1) is 28.0 Å². The summed E-state index contributed by atoms with van der Waals surface area (Å²) in [6, 6.07) is 14.7. The van der Waals surface area contributed by atoms with Crippen molar-refractivity contribution in [2.45, 2.75) is 29.4 Å². The van der Waals surface area contributed by atoms with E-state index in [1.807, 2.05) is 24.3 Å². The minimum absolute atomic E-state index is 0.237. The molecule has 0 radical (unpaired) electrons. The topological polar surface area (TPSA) is 59.5 Å². The molecule has 0 amide bonds. The number of sulfone groups is 1. The maximum atomic E-state index is 13.0. The second-order valence-electron chi connectivity index (χ2n) is 7.31. The number of methoxy groups -OCH3 is 1. The molecule has 1 aromatic heterocycles. The van der Waals surface area contributed by atoms with Crippen LogP contribution in [0.3, 0.4) is 0 Å². The lowest BCUT2D eigenvalue weighted by atomic mass is 10.1. The Balaban J connectivity index is 1.39. The van der Waals surface area contributed by atoms with Crippen molar-refractivity contribution >= 4 is 37.9 Å². The van der Waals surface area contributed by atoms with Crippen molar-refractivity contribution in [2.24, 2.45) is 0 Å². The molecule has 0 N–H and O–H groups in total. The van der Waals surface area contributed by atoms with Gasteiger partial charge in [0.15, 0.2) is 15.0 Å². The van der Waals surface area contributed by atoms with E-state index in [0.29, 0.717) is 31.0 Å². The molecule has 0 saturated carbocycles. The zero-order chi connectivity index (χ0) is 21.1. The lowest BCUT2D eigenvalue weighted by Crippen LogP contribution is -2.39. The van der Waals surface area contributed by atoms with Gasteiger partial charge < -0.3 is 9.64 Å². The minimum atomic E-state index is -3.43. The van der Waals surface area contributed by atoms with E-state index < -0.39 is 15.1 Å². The van der Waals surface area contributed by atoms with Crippen LogP contribution in [0.5, 0.6) is 5.75 Å². The van der Waals surface area contributed by atoms with Crippen molar-refractivity contribution in [3.05, 3.63) is 70.2 Å². The molecule has 0 unspecified atom stereocenters. The highest BCUT2D eigenvalue weighted by atomic mass is 35.5. The van der Waals surface area contributed by atoms with Crippen LogP contribution in [0, 0.1) is 0 Å². The van der Waals surface area contributed by atoms with E-state index in [4.69, 9.17) is 21.3 Å². The van der Waals surface area contributed by atoms with Crippen LogP contribution in [0.2, 0.25) is 5.02 Å². The average Bonchev–Trinajstić information content (AvgIpc) is 3.23. The summed E-state index contributed by atoms with van der Waals surface area (Å²) in [7, 11) is -1.77. The number of anilines is 1. The molecule has 0 spiro atoms. The number of halogens is 1. The Bertz CT molecular complexity index is 1110. The van der Waals surface area contributed by atoms with Crippen LogP contribution < -0.4 is 9.64 Å². The van der Waals surface area contributed by atoms with E-state index in [1.54, 1.807) is 42.7 Å². The third-order valence-corrected chi connectivity index (χ3v) is 9.09. The molecular weight excluding hydrogens is 440 g/mol. The van der Waals surface area contributed by atoms with Crippen LogP contribution in [-0.4, -0.2) is 38.9 Å². The van der Waals surface area contributed by atoms with E-state index >= 15 is 0 Å². The highest BCUT2D eigenvalue weighted by Crippen LogP contribution is 2.32. The summed E-state index contributed by atoms with van der Waals surface area (Å²) < 4.78 is 31.2. The minimum Gasteiger partial charge on any atom is -0.497 e. The smallest absolute Gasteiger partial charge is 0.185 e. The second kappa shape index (κ2) is 8.96.